The quantitative estimate of drug-likeness (QED) is 0.869. The van der Waals surface area contributed by atoms with Gasteiger partial charge < -0.3 is 16.0 Å². The zero-order chi connectivity index (χ0) is 14.6. The van der Waals surface area contributed by atoms with E-state index in [1.54, 1.807) is 0 Å². The van der Waals surface area contributed by atoms with Crippen LogP contribution in [0.3, 0.4) is 0 Å². The van der Waals surface area contributed by atoms with Crippen LogP contribution in [0.4, 0.5) is 5.69 Å². The lowest BCUT2D eigenvalue weighted by molar-refractivity contribution is -0.119. The second-order valence-electron chi connectivity index (χ2n) is 5.52. The number of amides is 1. The van der Waals surface area contributed by atoms with Crippen molar-refractivity contribution in [3.05, 3.63) is 29.3 Å². The molecule has 0 saturated carbocycles. The van der Waals surface area contributed by atoms with Crippen LogP contribution in [0.1, 0.15) is 25.0 Å². The van der Waals surface area contributed by atoms with Crippen LogP contribution < -0.4 is 11.1 Å². The first-order valence-electron chi connectivity index (χ1n) is 6.62. The van der Waals surface area contributed by atoms with Gasteiger partial charge >= 0.3 is 0 Å². The first kappa shape index (κ1) is 22.5. The van der Waals surface area contributed by atoms with E-state index < -0.39 is 0 Å². The fourth-order valence-electron chi connectivity index (χ4n) is 1.75. The number of hydrogen-bond acceptors (Lipinski definition) is 3. The highest BCUT2D eigenvalue weighted by molar-refractivity contribution is 5.93. The molecule has 0 aliphatic heterocycles. The second-order valence-corrected chi connectivity index (χ2v) is 5.52. The van der Waals surface area contributed by atoms with Gasteiger partial charge in [0.2, 0.25) is 5.91 Å². The van der Waals surface area contributed by atoms with E-state index in [2.05, 4.69) is 16.3 Å². The summed E-state index contributed by atoms with van der Waals surface area (Å²) in [6.07, 6.45) is 0. The van der Waals surface area contributed by atoms with Gasteiger partial charge in [0.1, 0.15) is 0 Å². The number of anilines is 1. The summed E-state index contributed by atoms with van der Waals surface area (Å²) in [5.74, 6) is -0.225. The molecule has 0 fully saturated rings. The van der Waals surface area contributed by atoms with E-state index >= 15 is 0 Å². The van der Waals surface area contributed by atoms with Gasteiger partial charge in [0.25, 0.3) is 0 Å². The second kappa shape index (κ2) is 10.0. The van der Waals surface area contributed by atoms with E-state index in [4.69, 9.17) is 5.73 Å². The van der Waals surface area contributed by atoms with Crippen LogP contribution in [0.2, 0.25) is 0 Å². The molecule has 1 aromatic carbocycles. The Balaban J connectivity index is 0. The molecule has 6 heteroatoms. The highest BCUT2D eigenvalue weighted by Crippen LogP contribution is 2.19. The summed E-state index contributed by atoms with van der Waals surface area (Å²) in [7, 11) is 4.05. The van der Waals surface area contributed by atoms with Gasteiger partial charge in [-0.3, -0.25) is 4.79 Å². The Bertz CT molecular complexity index is 451. The van der Waals surface area contributed by atoms with Gasteiger partial charge in [0, 0.05) is 18.3 Å². The Labute approximate surface area is 140 Å². The number of nitrogens with two attached hydrogens (primary N) is 1. The minimum atomic E-state index is -0.197. The van der Waals surface area contributed by atoms with Crippen molar-refractivity contribution in [1.29, 1.82) is 0 Å². The van der Waals surface area contributed by atoms with Crippen molar-refractivity contribution in [1.82, 2.24) is 4.90 Å². The average molecular weight is 336 g/mol. The van der Waals surface area contributed by atoms with Gasteiger partial charge in [-0.1, -0.05) is 19.1 Å². The lowest BCUT2D eigenvalue weighted by Gasteiger charge is -2.18. The number of carbonyl (C=O) groups excluding carboxylic acids is 1. The molecule has 1 amide bonds. The summed E-state index contributed by atoms with van der Waals surface area (Å²) in [5.41, 5.74) is 8.87. The molecule has 0 radical (unpaired) electrons. The van der Waals surface area contributed by atoms with Crippen molar-refractivity contribution in [3.8, 4) is 0 Å². The molecule has 1 rings (SSSR count). The van der Waals surface area contributed by atoms with Crippen molar-refractivity contribution < 1.29 is 4.79 Å². The van der Waals surface area contributed by atoms with Crippen LogP contribution in [0.5, 0.6) is 0 Å². The third-order valence-electron chi connectivity index (χ3n) is 3.26. The first-order chi connectivity index (χ1) is 8.81. The van der Waals surface area contributed by atoms with Crippen molar-refractivity contribution in [2.24, 2.45) is 11.7 Å². The standard InChI is InChI=1S/C15H25N3O.2ClH/c1-10-6-7-13(9-18(4)5)8-14(10)17-15(19)11(2)12(3)16;;/h6-8,11-12H,9,16H2,1-5H3,(H,17,19);2*1H. The van der Waals surface area contributed by atoms with E-state index in [1.165, 1.54) is 5.56 Å². The summed E-state index contributed by atoms with van der Waals surface area (Å²) >= 11 is 0. The smallest absolute Gasteiger partial charge is 0.228 e. The minimum Gasteiger partial charge on any atom is -0.327 e. The monoisotopic (exact) mass is 335 g/mol. The van der Waals surface area contributed by atoms with Crippen LogP contribution >= 0.6 is 24.8 Å². The highest BCUT2D eigenvalue weighted by Gasteiger charge is 2.17. The van der Waals surface area contributed by atoms with Gasteiger partial charge in [0.05, 0.1) is 5.92 Å². The van der Waals surface area contributed by atoms with Gasteiger partial charge in [-0.25, -0.2) is 0 Å². The molecular weight excluding hydrogens is 309 g/mol. The van der Waals surface area contributed by atoms with Crippen LogP contribution in [0, 0.1) is 12.8 Å². The van der Waals surface area contributed by atoms with E-state index in [1.807, 2.05) is 47.0 Å². The Kier molecular flexibility index (Phi) is 10.7. The molecule has 0 aromatic heterocycles. The summed E-state index contributed by atoms with van der Waals surface area (Å²) in [4.78, 5) is 14.1. The lowest BCUT2D eigenvalue weighted by atomic mass is 10.0. The molecule has 4 nitrogen and oxygen atoms in total. The number of nitrogens with one attached hydrogen (secondary N) is 1. The molecule has 3 N–H and O–H groups in total. The predicted octanol–water partition coefficient (Wildman–Crippen LogP) is 2.82. The Morgan fingerprint density at radius 2 is 1.86 bits per heavy atom. The number of halogens is 2. The largest absolute Gasteiger partial charge is 0.327 e. The average Bonchev–Trinajstić information content (AvgIpc) is 2.31. The number of hydrogen-bond donors (Lipinski definition) is 2. The molecule has 0 heterocycles. The molecule has 2 unspecified atom stereocenters. The number of carbonyl (C=O) groups is 1. The maximum absolute atomic E-state index is 12.0. The molecule has 0 aliphatic rings. The van der Waals surface area contributed by atoms with Crippen molar-refractivity contribution in [3.63, 3.8) is 0 Å². The zero-order valence-corrected chi connectivity index (χ0v) is 15.0. The Morgan fingerprint density at radius 3 is 2.33 bits per heavy atom. The summed E-state index contributed by atoms with van der Waals surface area (Å²) < 4.78 is 0. The van der Waals surface area contributed by atoms with Crippen molar-refractivity contribution in [2.75, 3.05) is 19.4 Å². The minimum absolute atomic E-state index is 0. The molecule has 0 saturated heterocycles. The predicted molar refractivity (Wildman–Crippen MR) is 94.5 cm³/mol. The van der Waals surface area contributed by atoms with Gasteiger partial charge in [-0.15, -0.1) is 24.8 Å². The molecule has 0 spiro atoms. The summed E-state index contributed by atoms with van der Waals surface area (Å²) in [6.45, 7) is 6.54. The zero-order valence-electron chi connectivity index (χ0n) is 13.3. The fraction of sp³-hybridized carbons (Fsp3) is 0.533. The fourth-order valence-corrected chi connectivity index (χ4v) is 1.75. The molecule has 122 valence electrons. The topological polar surface area (TPSA) is 58.4 Å². The lowest BCUT2D eigenvalue weighted by Crippen LogP contribution is -2.34. The summed E-state index contributed by atoms with van der Waals surface area (Å²) in [6, 6.07) is 6.00. The Morgan fingerprint density at radius 1 is 1.29 bits per heavy atom. The third-order valence-corrected chi connectivity index (χ3v) is 3.26. The van der Waals surface area contributed by atoms with E-state index in [0.717, 1.165) is 17.8 Å². The van der Waals surface area contributed by atoms with Crippen molar-refractivity contribution >= 4 is 36.4 Å². The van der Waals surface area contributed by atoms with Crippen LogP contribution in [0.25, 0.3) is 0 Å². The number of benzene rings is 1. The maximum Gasteiger partial charge on any atom is 0.228 e. The molecule has 0 bridgehead atoms. The first-order valence-corrected chi connectivity index (χ1v) is 6.62. The third kappa shape index (κ3) is 7.14. The number of aryl methyl sites for hydroxylation is 1. The molecule has 0 aliphatic carbocycles. The molecular formula is C15H27Cl2N3O. The SMILES string of the molecule is Cc1ccc(CN(C)C)cc1NC(=O)C(C)C(C)N.Cl.Cl. The normalized spacial score (nSPS) is 12.9. The number of nitrogens with zero attached hydrogens (tertiary/aromatic N) is 1. The molecule has 2 atom stereocenters. The summed E-state index contributed by atoms with van der Waals surface area (Å²) in [5, 5.41) is 2.97. The number of rotatable bonds is 5. The Hall–Kier alpha value is -0.810. The molecule has 21 heavy (non-hydrogen) atoms. The van der Waals surface area contributed by atoms with Gasteiger partial charge in [-0.05, 0) is 45.1 Å². The van der Waals surface area contributed by atoms with Crippen LogP contribution in [-0.2, 0) is 11.3 Å². The highest BCUT2D eigenvalue weighted by atomic mass is 35.5. The van der Waals surface area contributed by atoms with Crippen LogP contribution in [-0.4, -0.2) is 30.9 Å². The molecule has 1 aromatic rings. The van der Waals surface area contributed by atoms with Crippen molar-refractivity contribution in [2.45, 2.75) is 33.4 Å². The van der Waals surface area contributed by atoms with Crippen LogP contribution in [0.15, 0.2) is 18.2 Å². The van der Waals surface area contributed by atoms with Gasteiger partial charge in [0.15, 0.2) is 0 Å². The van der Waals surface area contributed by atoms with E-state index in [0.29, 0.717) is 0 Å². The van der Waals surface area contributed by atoms with E-state index in [9.17, 15) is 4.79 Å². The maximum atomic E-state index is 12.0. The van der Waals surface area contributed by atoms with Gasteiger partial charge in [-0.2, -0.15) is 0 Å². The van der Waals surface area contributed by atoms with E-state index in [-0.39, 0.29) is 42.7 Å².